The zero-order chi connectivity index (χ0) is 10.1. The summed E-state index contributed by atoms with van der Waals surface area (Å²) in [6.07, 6.45) is 0. The second kappa shape index (κ2) is 3.64. The molecule has 1 aliphatic heterocycles. The molecule has 4 nitrogen and oxygen atoms in total. The van der Waals surface area contributed by atoms with Gasteiger partial charge in [0.1, 0.15) is 0 Å². The zero-order valence-electron chi connectivity index (χ0n) is 8.24. The van der Waals surface area contributed by atoms with Crippen LogP contribution in [-0.2, 0) is 14.3 Å². The van der Waals surface area contributed by atoms with Gasteiger partial charge in [0.25, 0.3) is 0 Å². The first-order valence-electron chi connectivity index (χ1n) is 4.43. The maximum absolute atomic E-state index is 10.6. The number of hydrogen-bond acceptors (Lipinski definition) is 3. The fraction of sp³-hybridized carbons (Fsp3) is 0.889. The molecule has 4 heteroatoms. The van der Waals surface area contributed by atoms with Crippen molar-refractivity contribution in [1.29, 1.82) is 0 Å². The fourth-order valence-corrected chi connectivity index (χ4v) is 1.20. The molecule has 0 saturated carbocycles. The summed E-state index contributed by atoms with van der Waals surface area (Å²) in [6, 6.07) is 0. The SMILES string of the molecule is CC(C(=O)O)C1COC(C)(C)OC1. The lowest BCUT2D eigenvalue weighted by molar-refractivity contribution is -0.267. The van der Waals surface area contributed by atoms with E-state index in [9.17, 15) is 4.79 Å². The fourth-order valence-electron chi connectivity index (χ4n) is 1.20. The number of rotatable bonds is 2. The molecule has 0 aromatic heterocycles. The van der Waals surface area contributed by atoms with Crippen molar-refractivity contribution in [2.75, 3.05) is 13.2 Å². The van der Waals surface area contributed by atoms with E-state index in [1.165, 1.54) is 0 Å². The Bertz CT molecular complexity index is 190. The molecule has 0 radical (unpaired) electrons. The van der Waals surface area contributed by atoms with Crippen molar-refractivity contribution >= 4 is 5.97 Å². The van der Waals surface area contributed by atoms with Gasteiger partial charge in [0, 0.05) is 5.92 Å². The molecule has 13 heavy (non-hydrogen) atoms. The van der Waals surface area contributed by atoms with Crippen LogP contribution in [0.4, 0.5) is 0 Å². The van der Waals surface area contributed by atoms with Crippen LogP contribution in [0.2, 0.25) is 0 Å². The van der Waals surface area contributed by atoms with Gasteiger partial charge < -0.3 is 14.6 Å². The quantitative estimate of drug-likeness (QED) is 0.705. The molecule has 0 spiro atoms. The average Bonchev–Trinajstić information content (AvgIpc) is 2.03. The van der Waals surface area contributed by atoms with Gasteiger partial charge in [0.05, 0.1) is 19.1 Å². The molecular weight excluding hydrogens is 172 g/mol. The van der Waals surface area contributed by atoms with Gasteiger partial charge in [-0.05, 0) is 13.8 Å². The first kappa shape index (κ1) is 10.5. The Morgan fingerprint density at radius 1 is 1.46 bits per heavy atom. The van der Waals surface area contributed by atoms with E-state index in [0.717, 1.165) is 0 Å². The van der Waals surface area contributed by atoms with E-state index in [0.29, 0.717) is 13.2 Å². The van der Waals surface area contributed by atoms with Gasteiger partial charge >= 0.3 is 5.97 Å². The van der Waals surface area contributed by atoms with Crippen molar-refractivity contribution in [1.82, 2.24) is 0 Å². The van der Waals surface area contributed by atoms with Crippen LogP contribution in [0.25, 0.3) is 0 Å². The van der Waals surface area contributed by atoms with Crippen molar-refractivity contribution < 1.29 is 19.4 Å². The second-order valence-electron chi connectivity index (χ2n) is 3.91. The molecular formula is C9H16O4. The van der Waals surface area contributed by atoms with Crippen LogP contribution in [0.5, 0.6) is 0 Å². The number of carbonyl (C=O) groups is 1. The van der Waals surface area contributed by atoms with Gasteiger partial charge in [-0.3, -0.25) is 4.79 Å². The topological polar surface area (TPSA) is 55.8 Å². The largest absolute Gasteiger partial charge is 0.481 e. The van der Waals surface area contributed by atoms with Crippen LogP contribution in [0.1, 0.15) is 20.8 Å². The van der Waals surface area contributed by atoms with Crippen molar-refractivity contribution in [3.63, 3.8) is 0 Å². The van der Waals surface area contributed by atoms with E-state index < -0.39 is 17.7 Å². The van der Waals surface area contributed by atoms with E-state index >= 15 is 0 Å². The van der Waals surface area contributed by atoms with E-state index in [4.69, 9.17) is 14.6 Å². The smallest absolute Gasteiger partial charge is 0.306 e. The maximum atomic E-state index is 10.6. The van der Waals surface area contributed by atoms with Crippen molar-refractivity contribution in [3.8, 4) is 0 Å². The first-order chi connectivity index (χ1) is 5.92. The van der Waals surface area contributed by atoms with Gasteiger partial charge in [-0.2, -0.15) is 0 Å². The van der Waals surface area contributed by atoms with Crippen LogP contribution in [0.3, 0.4) is 0 Å². The molecule has 1 aliphatic rings. The Labute approximate surface area is 77.8 Å². The predicted octanol–water partition coefficient (Wildman–Crippen LogP) is 1.11. The summed E-state index contributed by atoms with van der Waals surface area (Å²) >= 11 is 0. The predicted molar refractivity (Wildman–Crippen MR) is 46.3 cm³/mol. The number of carboxylic acids is 1. The maximum Gasteiger partial charge on any atom is 0.306 e. The Hall–Kier alpha value is -0.610. The minimum absolute atomic E-state index is 0.0366. The minimum atomic E-state index is -0.795. The highest BCUT2D eigenvalue weighted by Crippen LogP contribution is 2.24. The number of hydrogen-bond donors (Lipinski definition) is 1. The van der Waals surface area contributed by atoms with Gasteiger partial charge in [-0.25, -0.2) is 0 Å². The number of aliphatic carboxylic acids is 1. The summed E-state index contributed by atoms with van der Waals surface area (Å²) in [4.78, 5) is 10.6. The highest BCUT2D eigenvalue weighted by atomic mass is 16.7. The lowest BCUT2D eigenvalue weighted by atomic mass is 9.95. The zero-order valence-corrected chi connectivity index (χ0v) is 8.24. The van der Waals surface area contributed by atoms with Gasteiger partial charge in [0.15, 0.2) is 5.79 Å². The molecule has 76 valence electrons. The summed E-state index contributed by atoms with van der Waals surface area (Å²) < 4.78 is 10.7. The lowest BCUT2D eigenvalue weighted by Gasteiger charge is -2.36. The lowest BCUT2D eigenvalue weighted by Crippen LogP contribution is -2.42. The van der Waals surface area contributed by atoms with Crippen molar-refractivity contribution in [3.05, 3.63) is 0 Å². The monoisotopic (exact) mass is 188 g/mol. The summed E-state index contributed by atoms with van der Waals surface area (Å²) in [6.45, 7) is 6.25. The van der Waals surface area contributed by atoms with Crippen LogP contribution in [0, 0.1) is 11.8 Å². The average molecular weight is 188 g/mol. The highest BCUT2D eigenvalue weighted by molar-refractivity contribution is 5.69. The Kier molecular flexibility index (Phi) is 2.93. The molecule has 0 aromatic carbocycles. The molecule has 0 amide bonds. The van der Waals surface area contributed by atoms with Crippen LogP contribution >= 0.6 is 0 Å². The Morgan fingerprint density at radius 3 is 2.31 bits per heavy atom. The van der Waals surface area contributed by atoms with Crippen molar-refractivity contribution in [2.24, 2.45) is 11.8 Å². The Morgan fingerprint density at radius 2 is 1.92 bits per heavy atom. The van der Waals surface area contributed by atoms with Gasteiger partial charge in [-0.1, -0.05) is 6.92 Å². The van der Waals surface area contributed by atoms with Gasteiger partial charge in [-0.15, -0.1) is 0 Å². The van der Waals surface area contributed by atoms with E-state index in [1.807, 2.05) is 13.8 Å². The standard InChI is InChI=1S/C9H16O4/c1-6(8(10)11)7-4-12-9(2,3)13-5-7/h6-7H,4-5H2,1-3H3,(H,10,11). The third-order valence-corrected chi connectivity index (χ3v) is 2.39. The molecule has 0 aromatic rings. The molecule has 1 heterocycles. The molecule has 1 N–H and O–H groups in total. The third-order valence-electron chi connectivity index (χ3n) is 2.39. The summed E-state index contributed by atoms with van der Waals surface area (Å²) in [5, 5.41) is 8.75. The van der Waals surface area contributed by atoms with Crippen LogP contribution in [0.15, 0.2) is 0 Å². The molecule has 0 aliphatic carbocycles. The molecule has 1 atom stereocenters. The first-order valence-corrected chi connectivity index (χ1v) is 4.43. The molecule has 1 fully saturated rings. The van der Waals surface area contributed by atoms with E-state index in [1.54, 1.807) is 6.92 Å². The number of carboxylic acid groups (broad SMARTS) is 1. The minimum Gasteiger partial charge on any atom is -0.481 e. The Balaban J connectivity index is 2.45. The molecule has 0 bridgehead atoms. The molecule has 1 rings (SSSR count). The second-order valence-corrected chi connectivity index (χ2v) is 3.91. The van der Waals surface area contributed by atoms with E-state index in [2.05, 4.69) is 0 Å². The molecule has 1 saturated heterocycles. The molecule has 1 unspecified atom stereocenters. The summed E-state index contributed by atoms with van der Waals surface area (Å²) in [5.41, 5.74) is 0. The van der Waals surface area contributed by atoms with Crippen molar-refractivity contribution in [2.45, 2.75) is 26.6 Å². The summed E-state index contributed by atoms with van der Waals surface area (Å²) in [7, 11) is 0. The van der Waals surface area contributed by atoms with Gasteiger partial charge in [0.2, 0.25) is 0 Å². The summed E-state index contributed by atoms with van der Waals surface area (Å²) in [5.74, 6) is -1.80. The number of ether oxygens (including phenoxy) is 2. The highest BCUT2D eigenvalue weighted by Gasteiger charge is 2.33. The normalized spacial score (nSPS) is 25.5. The van der Waals surface area contributed by atoms with Crippen LogP contribution < -0.4 is 0 Å². The third kappa shape index (κ3) is 2.67. The van der Waals surface area contributed by atoms with E-state index in [-0.39, 0.29) is 5.92 Å². The van der Waals surface area contributed by atoms with Crippen LogP contribution in [-0.4, -0.2) is 30.1 Å².